The molecule has 2 unspecified atom stereocenters. The average Bonchev–Trinajstić information content (AvgIpc) is 2.54. The number of rotatable bonds is 5. The van der Waals surface area contributed by atoms with E-state index in [2.05, 4.69) is 54.0 Å². The normalized spacial score (nSPS) is 15.4. The molecule has 0 bridgehead atoms. The van der Waals surface area contributed by atoms with E-state index in [0.717, 1.165) is 11.0 Å². The molecule has 0 aliphatic rings. The molecular weight excluding hydrogens is 266 g/mol. The maximum Gasteiger partial charge on any atom is 0.0635 e. The monoisotopic (exact) mass is 287 g/mol. The largest absolute Gasteiger partial charge is 0.314 e. The fraction of sp³-hybridized carbons (Fsp3) is 0.750. The Kier molecular flexibility index (Phi) is 4.99. The van der Waals surface area contributed by atoms with E-state index in [0.29, 0.717) is 17.9 Å². The van der Waals surface area contributed by atoms with Gasteiger partial charge >= 0.3 is 0 Å². The molecule has 92 valence electrons. The third kappa shape index (κ3) is 3.32. The van der Waals surface area contributed by atoms with Gasteiger partial charge in [-0.25, -0.2) is 0 Å². The summed E-state index contributed by atoms with van der Waals surface area (Å²) < 4.78 is 3.07. The smallest absolute Gasteiger partial charge is 0.0635 e. The van der Waals surface area contributed by atoms with E-state index in [4.69, 9.17) is 0 Å². The van der Waals surface area contributed by atoms with Crippen molar-refractivity contribution in [2.24, 2.45) is 13.0 Å². The highest BCUT2D eigenvalue weighted by Gasteiger charge is 2.20. The Morgan fingerprint density at radius 3 is 2.44 bits per heavy atom. The van der Waals surface area contributed by atoms with Crippen LogP contribution in [0.5, 0.6) is 0 Å². The Morgan fingerprint density at radius 1 is 1.38 bits per heavy atom. The third-order valence-electron chi connectivity index (χ3n) is 3.07. The molecule has 1 N–H and O–H groups in total. The molecule has 0 aliphatic carbocycles. The second kappa shape index (κ2) is 5.82. The van der Waals surface area contributed by atoms with Crippen molar-refractivity contribution >= 4 is 15.9 Å². The number of aromatic nitrogens is 2. The maximum atomic E-state index is 4.26. The van der Waals surface area contributed by atoms with Gasteiger partial charge < -0.3 is 5.32 Å². The van der Waals surface area contributed by atoms with Crippen LogP contribution in [0.4, 0.5) is 0 Å². The Hall–Kier alpha value is -0.350. The van der Waals surface area contributed by atoms with Gasteiger partial charge in [-0.05, 0) is 28.4 Å². The fourth-order valence-electron chi connectivity index (χ4n) is 1.80. The summed E-state index contributed by atoms with van der Waals surface area (Å²) in [6, 6.07) is 0.546. The van der Waals surface area contributed by atoms with E-state index in [1.807, 2.05) is 17.9 Å². The Morgan fingerprint density at radius 2 is 2.00 bits per heavy atom. The van der Waals surface area contributed by atoms with Crippen LogP contribution in [0.25, 0.3) is 0 Å². The van der Waals surface area contributed by atoms with Gasteiger partial charge in [0.1, 0.15) is 0 Å². The molecule has 1 aromatic heterocycles. The molecular formula is C12H22BrN3. The van der Waals surface area contributed by atoms with E-state index >= 15 is 0 Å². The summed E-state index contributed by atoms with van der Waals surface area (Å²) in [5.74, 6) is 1.09. The second-order valence-electron chi connectivity index (χ2n) is 4.83. The van der Waals surface area contributed by atoms with Crippen molar-refractivity contribution in [3.63, 3.8) is 0 Å². The molecule has 1 rings (SSSR count). The number of halogens is 1. The van der Waals surface area contributed by atoms with Crippen molar-refractivity contribution in [3.8, 4) is 0 Å². The molecule has 16 heavy (non-hydrogen) atoms. The minimum absolute atomic E-state index is 0.494. The van der Waals surface area contributed by atoms with Gasteiger partial charge in [-0.3, -0.25) is 4.68 Å². The topological polar surface area (TPSA) is 29.9 Å². The lowest BCUT2D eigenvalue weighted by Crippen LogP contribution is -2.30. The summed E-state index contributed by atoms with van der Waals surface area (Å²) in [6.45, 7) is 9.93. The molecule has 1 aromatic rings. The molecule has 0 saturated heterocycles. The van der Waals surface area contributed by atoms with E-state index in [-0.39, 0.29) is 0 Å². The van der Waals surface area contributed by atoms with Crippen molar-refractivity contribution in [2.45, 2.75) is 39.7 Å². The Balaban J connectivity index is 2.66. The van der Waals surface area contributed by atoms with Crippen molar-refractivity contribution in [3.05, 3.63) is 16.4 Å². The van der Waals surface area contributed by atoms with Crippen LogP contribution in [0, 0.1) is 5.92 Å². The van der Waals surface area contributed by atoms with Crippen LogP contribution in [0.15, 0.2) is 10.7 Å². The lowest BCUT2D eigenvalue weighted by Gasteiger charge is -2.22. The van der Waals surface area contributed by atoms with Crippen LogP contribution in [-0.2, 0) is 7.05 Å². The predicted octanol–water partition coefficient (Wildman–Crippen LogP) is 2.92. The van der Waals surface area contributed by atoms with Gasteiger partial charge in [0.05, 0.1) is 16.4 Å². The second-order valence-corrected chi connectivity index (χ2v) is 5.68. The molecule has 0 radical (unpaired) electrons. The fourth-order valence-corrected chi connectivity index (χ4v) is 2.51. The first-order valence-electron chi connectivity index (χ1n) is 5.84. The van der Waals surface area contributed by atoms with Gasteiger partial charge in [-0.2, -0.15) is 5.10 Å². The minimum Gasteiger partial charge on any atom is -0.314 e. The van der Waals surface area contributed by atoms with Crippen LogP contribution >= 0.6 is 15.9 Å². The van der Waals surface area contributed by atoms with E-state index in [9.17, 15) is 0 Å². The molecule has 0 spiro atoms. The van der Waals surface area contributed by atoms with Gasteiger partial charge in [-0.15, -0.1) is 0 Å². The van der Waals surface area contributed by atoms with E-state index < -0.39 is 0 Å². The highest BCUT2D eigenvalue weighted by atomic mass is 79.9. The highest BCUT2D eigenvalue weighted by molar-refractivity contribution is 9.10. The zero-order valence-corrected chi connectivity index (χ0v) is 12.4. The summed E-state index contributed by atoms with van der Waals surface area (Å²) in [7, 11) is 2.00. The first-order valence-corrected chi connectivity index (χ1v) is 6.63. The summed E-state index contributed by atoms with van der Waals surface area (Å²) in [5.41, 5.74) is 1.28. The lowest BCUT2D eigenvalue weighted by molar-refractivity contribution is 0.411. The molecule has 0 aromatic carbocycles. The van der Waals surface area contributed by atoms with Crippen LogP contribution in [0.1, 0.15) is 39.3 Å². The molecule has 0 amide bonds. The first-order chi connectivity index (χ1) is 7.43. The molecule has 1 heterocycles. The van der Waals surface area contributed by atoms with Crippen molar-refractivity contribution in [1.29, 1.82) is 0 Å². The van der Waals surface area contributed by atoms with Gasteiger partial charge in [0.25, 0.3) is 0 Å². The van der Waals surface area contributed by atoms with Gasteiger partial charge in [0.2, 0.25) is 0 Å². The highest BCUT2D eigenvalue weighted by Crippen LogP contribution is 2.29. The van der Waals surface area contributed by atoms with Crippen molar-refractivity contribution in [2.75, 3.05) is 6.54 Å². The molecule has 2 atom stereocenters. The quantitative estimate of drug-likeness (QED) is 0.903. The van der Waals surface area contributed by atoms with Gasteiger partial charge in [-0.1, -0.05) is 27.7 Å². The van der Waals surface area contributed by atoms with Crippen LogP contribution < -0.4 is 5.32 Å². The zero-order valence-electron chi connectivity index (χ0n) is 10.8. The molecule has 0 saturated carbocycles. The van der Waals surface area contributed by atoms with E-state index in [1.165, 1.54) is 5.69 Å². The number of nitrogens with one attached hydrogen (secondary N) is 1. The van der Waals surface area contributed by atoms with Crippen molar-refractivity contribution < 1.29 is 0 Å². The minimum atomic E-state index is 0.494. The maximum absolute atomic E-state index is 4.26. The molecule has 0 fully saturated rings. The predicted molar refractivity (Wildman–Crippen MR) is 71.6 cm³/mol. The number of nitrogens with zero attached hydrogens (tertiary/aromatic N) is 2. The van der Waals surface area contributed by atoms with Crippen LogP contribution in [0.2, 0.25) is 0 Å². The average molecular weight is 288 g/mol. The third-order valence-corrected chi connectivity index (χ3v) is 3.68. The zero-order chi connectivity index (χ0) is 12.3. The van der Waals surface area contributed by atoms with Crippen LogP contribution in [0.3, 0.4) is 0 Å². The van der Waals surface area contributed by atoms with Crippen LogP contribution in [-0.4, -0.2) is 22.4 Å². The molecule has 0 aliphatic heterocycles. The van der Waals surface area contributed by atoms with E-state index in [1.54, 1.807) is 0 Å². The standard InChI is InChI=1S/C12H22BrN3/c1-8(2)14-6-9(3)10(4)12-11(13)7-15-16(12)5/h7-10,14H,6H2,1-5H3. The molecule has 4 heteroatoms. The Labute approximate surface area is 107 Å². The first kappa shape index (κ1) is 13.7. The Bertz CT molecular complexity index is 314. The molecule has 3 nitrogen and oxygen atoms in total. The number of hydrogen-bond donors (Lipinski definition) is 1. The van der Waals surface area contributed by atoms with Gasteiger partial charge in [0.15, 0.2) is 0 Å². The van der Waals surface area contributed by atoms with Gasteiger partial charge in [0, 0.05) is 19.0 Å². The summed E-state index contributed by atoms with van der Waals surface area (Å²) in [5, 5.41) is 7.75. The summed E-state index contributed by atoms with van der Waals surface area (Å²) in [6.07, 6.45) is 1.87. The number of hydrogen-bond acceptors (Lipinski definition) is 2. The number of aryl methyl sites for hydroxylation is 1. The SMILES string of the molecule is CC(C)NCC(C)C(C)c1c(Br)cnn1C. The lowest BCUT2D eigenvalue weighted by atomic mass is 9.92. The van der Waals surface area contributed by atoms with Crippen molar-refractivity contribution in [1.82, 2.24) is 15.1 Å². The summed E-state index contributed by atoms with van der Waals surface area (Å²) >= 11 is 3.56. The summed E-state index contributed by atoms with van der Waals surface area (Å²) in [4.78, 5) is 0.